The van der Waals surface area contributed by atoms with Crippen molar-refractivity contribution in [3.63, 3.8) is 0 Å². The van der Waals surface area contributed by atoms with Crippen LogP contribution in [-0.4, -0.2) is 42.0 Å². The van der Waals surface area contributed by atoms with Crippen LogP contribution in [0, 0.1) is 17.8 Å². The predicted octanol–water partition coefficient (Wildman–Crippen LogP) is 7.34. The van der Waals surface area contributed by atoms with Gasteiger partial charge >= 0.3 is 0 Å². The van der Waals surface area contributed by atoms with Crippen molar-refractivity contribution >= 4 is 8.32 Å². The molecular formula is C32H43N3O4Si. The predicted molar refractivity (Wildman–Crippen MR) is 158 cm³/mol. The van der Waals surface area contributed by atoms with Gasteiger partial charge in [-0.3, -0.25) is 0 Å². The summed E-state index contributed by atoms with van der Waals surface area (Å²) in [4.78, 5) is 4.53. The number of hydrogen-bond acceptors (Lipinski definition) is 6. The lowest BCUT2D eigenvalue weighted by Crippen LogP contribution is -2.47. The minimum atomic E-state index is -1.70. The molecule has 7 nitrogen and oxygen atoms in total. The van der Waals surface area contributed by atoms with Gasteiger partial charge in [-0.05, 0) is 81.4 Å². The Morgan fingerprint density at radius 2 is 1.93 bits per heavy atom. The van der Waals surface area contributed by atoms with Crippen LogP contribution in [-0.2, 0) is 20.4 Å². The summed E-state index contributed by atoms with van der Waals surface area (Å²) in [5.41, 5.74) is 2.82. The molecule has 0 amide bonds. The molecule has 40 heavy (non-hydrogen) atoms. The molecule has 1 aliphatic carbocycles. The molecule has 3 heterocycles. The maximum atomic E-state index is 6.51. The highest BCUT2D eigenvalue weighted by Crippen LogP contribution is 2.41. The lowest BCUT2D eigenvalue weighted by Gasteiger charge is -2.43. The van der Waals surface area contributed by atoms with Crippen molar-refractivity contribution in [2.45, 2.75) is 103 Å². The third-order valence-electron chi connectivity index (χ3n) is 8.45. The zero-order valence-electron chi connectivity index (χ0n) is 24.8. The van der Waals surface area contributed by atoms with Gasteiger partial charge in [0.05, 0.1) is 6.54 Å². The highest BCUT2D eigenvalue weighted by atomic mass is 28.4. The monoisotopic (exact) mass is 561 g/mol. The van der Waals surface area contributed by atoms with Crippen molar-refractivity contribution in [3.8, 4) is 23.2 Å². The number of benzene rings is 1. The Kier molecular flexibility index (Phi) is 8.67. The number of nitrogens with zero attached hydrogens (tertiary/aromatic N) is 3. The van der Waals surface area contributed by atoms with Gasteiger partial charge in [-0.2, -0.15) is 0 Å². The maximum absolute atomic E-state index is 6.51. The molecule has 1 aliphatic heterocycles. The first-order valence-electron chi connectivity index (χ1n) is 14.6. The van der Waals surface area contributed by atoms with E-state index >= 15 is 0 Å². The summed E-state index contributed by atoms with van der Waals surface area (Å²) in [5.74, 6) is 8.80. The number of rotatable bonds is 8. The molecular weight excluding hydrogens is 518 g/mol. The van der Waals surface area contributed by atoms with E-state index in [2.05, 4.69) is 60.4 Å². The lowest BCUT2D eigenvalue weighted by molar-refractivity contribution is -0.188. The van der Waals surface area contributed by atoms with Gasteiger partial charge in [0.25, 0.3) is 0 Å². The molecule has 2 unspecified atom stereocenters. The normalized spacial score (nSPS) is 22.3. The number of imidazole rings is 1. The van der Waals surface area contributed by atoms with Gasteiger partial charge in [-0.1, -0.05) is 37.8 Å². The molecule has 5 rings (SSSR count). The Morgan fingerprint density at radius 3 is 2.62 bits per heavy atom. The van der Waals surface area contributed by atoms with E-state index < -0.39 is 8.32 Å². The van der Waals surface area contributed by atoms with E-state index in [4.69, 9.17) is 18.4 Å². The van der Waals surface area contributed by atoms with Crippen LogP contribution in [0.3, 0.4) is 0 Å². The topological polar surface area (TPSA) is 71.5 Å². The van der Waals surface area contributed by atoms with Crippen LogP contribution >= 0.6 is 0 Å². The third kappa shape index (κ3) is 6.95. The fourth-order valence-electron chi connectivity index (χ4n) is 4.89. The smallest absolute Gasteiger partial charge is 0.192 e. The summed E-state index contributed by atoms with van der Waals surface area (Å²) in [6, 6.07) is 10.2. The van der Waals surface area contributed by atoms with Gasteiger partial charge in [0, 0.05) is 48.2 Å². The van der Waals surface area contributed by atoms with E-state index in [1.807, 2.05) is 43.5 Å². The van der Waals surface area contributed by atoms with Crippen molar-refractivity contribution in [2.75, 3.05) is 6.61 Å². The minimum absolute atomic E-state index is 0.160. The van der Waals surface area contributed by atoms with Crippen LogP contribution in [0.15, 0.2) is 47.2 Å². The molecule has 2 fully saturated rings. The van der Waals surface area contributed by atoms with E-state index in [1.165, 1.54) is 0 Å². The molecule has 2 aliphatic rings. The van der Waals surface area contributed by atoms with Gasteiger partial charge in [0.15, 0.2) is 20.4 Å². The van der Waals surface area contributed by atoms with Crippen molar-refractivity contribution in [1.82, 2.24) is 14.7 Å². The van der Waals surface area contributed by atoms with Crippen molar-refractivity contribution in [2.24, 2.45) is 5.92 Å². The first-order valence-corrected chi connectivity index (χ1v) is 17.5. The number of ether oxygens (including phenoxy) is 2. The van der Waals surface area contributed by atoms with Crippen molar-refractivity contribution < 1.29 is 18.4 Å². The molecule has 0 radical (unpaired) electrons. The molecule has 0 spiro atoms. The molecule has 0 N–H and O–H groups in total. The standard InChI is InChI=1S/C32H43N3O4Si/c1-23(37-30-9-7-8-18-36-30)31-33-16-17-35(31)22-27-21-29(38-34-27)26-14-12-24(13-15-26)10-11-25-19-28(20-25)39-40(5,6)32(2,3)4/h12-17,21,23,25,28,30H,7-9,18-20,22H2,1-6H3/t23?,25-,28+,30?. The molecule has 3 aromatic rings. The Hall–Kier alpha value is -2.70. The SMILES string of the molecule is CC(OC1CCCCO1)c1nccn1Cc1cc(-c2ccc(C#C[C@H]3C[C@@H](O[Si](C)(C)C(C)(C)C)C3)cc2)on1. The Labute approximate surface area is 239 Å². The quantitative estimate of drug-likeness (QED) is 0.212. The van der Waals surface area contributed by atoms with Gasteiger partial charge in [-0.15, -0.1) is 0 Å². The number of hydrogen-bond donors (Lipinski definition) is 0. The van der Waals surface area contributed by atoms with E-state index in [-0.39, 0.29) is 17.4 Å². The van der Waals surface area contributed by atoms with Crippen LogP contribution in [0.5, 0.6) is 0 Å². The Morgan fingerprint density at radius 1 is 1.15 bits per heavy atom. The van der Waals surface area contributed by atoms with Crippen LogP contribution in [0.1, 0.15) is 83.0 Å². The summed E-state index contributed by atoms with van der Waals surface area (Å²) in [6.45, 7) is 14.9. The molecule has 2 atom stereocenters. The maximum Gasteiger partial charge on any atom is 0.192 e. The van der Waals surface area contributed by atoms with Crippen LogP contribution < -0.4 is 0 Å². The summed E-state index contributed by atoms with van der Waals surface area (Å²) >= 11 is 0. The van der Waals surface area contributed by atoms with Gasteiger partial charge < -0.3 is 23.0 Å². The highest BCUT2D eigenvalue weighted by Gasteiger charge is 2.42. The fourth-order valence-corrected chi connectivity index (χ4v) is 6.27. The van der Waals surface area contributed by atoms with Crippen molar-refractivity contribution in [3.05, 3.63) is 59.8 Å². The summed E-state index contributed by atoms with van der Waals surface area (Å²) in [6.07, 6.45) is 9.01. The second-order valence-electron chi connectivity index (χ2n) is 12.7. The largest absolute Gasteiger partial charge is 0.414 e. The highest BCUT2D eigenvalue weighted by molar-refractivity contribution is 6.74. The fraction of sp³-hybridized carbons (Fsp3) is 0.562. The molecule has 1 saturated carbocycles. The molecule has 0 bridgehead atoms. The van der Waals surface area contributed by atoms with E-state index in [0.29, 0.717) is 18.6 Å². The summed E-state index contributed by atoms with van der Waals surface area (Å²) in [5, 5.41) is 4.55. The van der Waals surface area contributed by atoms with E-state index in [1.54, 1.807) is 6.20 Å². The average molecular weight is 562 g/mol. The Balaban J connectivity index is 1.14. The second-order valence-corrected chi connectivity index (χ2v) is 17.4. The Bertz CT molecular complexity index is 1320. The van der Waals surface area contributed by atoms with Crippen molar-refractivity contribution in [1.29, 1.82) is 0 Å². The van der Waals surface area contributed by atoms with Crippen LogP contribution in [0.2, 0.25) is 18.1 Å². The van der Waals surface area contributed by atoms with Crippen LogP contribution in [0.4, 0.5) is 0 Å². The first kappa shape index (κ1) is 28.8. The zero-order chi connectivity index (χ0) is 28.3. The number of aromatic nitrogens is 3. The molecule has 2 aromatic heterocycles. The average Bonchev–Trinajstić information content (AvgIpc) is 3.56. The van der Waals surface area contributed by atoms with Gasteiger partial charge in [-0.25, -0.2) is 4.98 Å². The van der Waals surface area contributed by atoms with Gasteiger partial charge in [0.2, 0.25) is 0 Å². The van der Waals surface area contributed by atoms with E-state index in [9.17, 15) is 0 Å². The van der Waals surface area contributed by atoms with Crippen LogP contribution in [0.25, 0.3) is 11.3 Å². The first-order chi connectivity index (χ1) is 19.1. The lowest BCUT2D eigenvalue weighted by atomic mass is 9.83. The van der Waals surface area contributed by atoms with E-state index in [0.717, 1.165) is 67.1 Å². The summed E-state index contributed by atoms with van der Waals surface area (Å²) < 4.78 is 26.1. The third-order valence-corrected chi connectivity index (χ3v) is 13.0. The molecule has 1 saturated heterocycles. The minimum Gasteiger partial charge on any atom is -0.414 e. The summed E-state index contributed by atoms with van der Waals surface area (Å²) in [7, 11) is -1.70. The molecule has 8 heteroatoms. The zero-order valence-corrected chi connectivity index (χ0v) is 25.8. The second kappa shape index (κ2) is 12.0. The molecule has 214 valence electrons. The molecule has 1 aromatic carbocycles. The van der Waals surface area contributed by atoms with Gasteiger partial charge in [0.1, 0.15) is 17.6 Å².